The first-order valence-electron chi connectivity index (χ1n) is 4.32. The molecule has 0 aliphatic rings. The largest absolute Gasteiger partial charge is 0.457 e. The standard InChI is InChI=1S/C11H8BrNO2S/c1-2-5-15-11(14)8(7-13)6-9-3-4-10(12)16-9/h2-4,6H,1,5H2. The number of rotatable bonds is 4. The second-order valence-electron chi connectivity index (χ2n) is 2.70. The Balaban J connectivity index is 2.82. The zero-order valence-electron chi connectivity index (χ0n) is 8.27. The summed E-state index contributed by atoms with van der Waals surface area (Å²) in [4.78, 5) is 12.2. The van der Waals surface area contributed by atoms with E-state index in [-0.39, 0.29) is 12.2 Å². The fourth-order valence-corrected chi connectivity index (χ4v) is 2.26. The van der Waals surface area contributed by atoms with E-state index in [1.165, 1.54) is 23.5 Å². The third-order valence-electron chi connectivity index (χ3n) is 1.55. The molecule has 0 amide bonds. The molecule has 1 rings (SSSR count). The minimum absolute atomic E-state index is 0.0174. The number of carbonyl (C=O) groups excluding carboxylic acids is 1. The highest BCUT2D eigenvalue weighted by Crippen LogP contribution is 2.24. The zero-order chi connectivity index (χ0) is 12.0. The predicted octanol–water partition coefficient (Wildman–Crippen LogP) is 3.15. The third kappa shape index (κ3) is 3.65. The van der Waals surface area contributed by atoms with Gasteiger partial charge in [0.05, 0.1) is 3.79 Å². The van der Waals surface area contributed by atoms with Gasteiger partial charge in [-0.15, -0.1) is 11.3 Å². The first-order chi connectivity index (χ1) is 7.67. The molecule has 1 heterocycles. The van der Waals surface area contributed by atoms with E-state index in [1.807, 2.05) is 18.2 Å². The minimum atomic E-state index is -0.632. The zero-order valence-corrected chi connectivity index (χ0v) is 10.7. The lowest BCUT2D eigenvalue weighted by molar-refractivity contribution is -0.137. The van der Waals surface area contributed by atoms with Crippen molar-refractivity contribution in [3.63, 3.8) is 0 Å². The van der Waals surface area contributed by atoms with Crippen molar-refractivity contribution >= 4 is 39.3 Å². The summed E-state index contributed by atoms with van der Waals surface area (Å²) in [5, 5.41) is 8.81. The fourth-order valence-electron chi connectivity index (χ4n) is 0.897. The van der Waals surface area contributed by atoms with Crippen molar-refractivity contribution < 1.29 is 9.53 Å². The van der Waals surface area contributed by atoms with Gasteiger partial charge in [0.1, 0.15) is 18.2 Å². The average molecular weight is 298 g/mol. The van der Waals surface area contributed by atoms with Crippen molar-refractivity contribution in [3.05, 3.63) is 39.0 Å². The van der Waals surface area contributed by atoms with Crippen LogP contribution in [0.3, 0.4) is 0 Å². The first kappa shape index (κ1) is 12.7. The monoisotopic (exact) mass is 297 g/mol. The van der Waals surface area contributed by atoms with Crippen LogP contribution in [0.15, 0.2) is 34.1 Å². The normalized spacial score (nSPS) is 10.6. The molecule has 0 aliphatic heterocycles. The lowest BCUT2D eigenvalue weighted by Gasteiger charge is -1.98. The van der Waals surface area contributed by atoms with Crippen molar-refractivity contribution in [2.45, 2.75) is 0 Å². The number of hydrogen-bond donors (Lipinski definition) is 0. The van der Waals surface area contributed by atoms with Crippen LogP contribution in [0, 0.1) is 11.3 Å². The Labute approximate surface area is 106 Å². The second kappa shape index (κ2) is 6.26. The Kier molecular flexibility index (Phi) is 4.96. The van der Waals surface area contributed by atoms with E-state index in [0.717, 1.165) is 8.66 Å². The van der Waals surface area contributed by atoms with Gasteiger partial charge >= 0.3 is 5.97 Å². The summed E-state index contributed by atoms with van der Waals surface area (Å²) in [7, 11) is 0. The van der Waals surface area contributed by atoms with Gasteiger partial charge in [0, 0.05) is 4.88 Å². The molecule has 0 atom stereocenters. The smallest absolute Gasteiger partial charge is 0.349 e. The van der Waals surface area contributed by atoms with E-state index in [1.54, 1.807) is 0 Å². The summed E-state index contributed by atoms with van der Waals surface area (Å²) in [6, 6.07) is 5.47. The molecule has 0 bridgehead atoms. The van der Waals surface area contributed by atoms with Crippen LogP contribution in [0.1, 0.15) is 4.88 Å². The summed E-state index contributed by atoms with van der Waals surface area (Å²) in [5.74, 6) is -0.632. The summed E-state index contributed by atoms with van der Waals surface area (Å²) < 4.78 is 5.71. The lowest BCUT2D eigenvalue weighted by atomic mass is 10.2. The number of nitriles is 1. The summed E-state index contributed by atoms with van der Waals surface area (Å²) >= 11 is 4.73. The molecule has 82 valence electrons. The van der Waals surface area contributed by atoms with Crippen molar-refractivity contribution in [3.8, 4) is 6.07 Å². The molecule has 1 aromatic rings. The number of hydrogen-bond acceptors (Lipinski definition) is 4. The second-order valence-corrected chi connectivity index (χ2v) is 5.19. The molecule has 0 saturated heterocycles. The highest BCUT2D eigenvalue weighted by Gasteiger charge is 2.10. The summed E-state index contributed by atoms with van der Waals surface area (Å²) in [5.41, 5.74) is -0.0174. The molecule has 0 fully saturated rings. The van der Waals surface area contributed by atoms with Gasteiger partial charge in [-0.25, -0.2) is 4.79 Å². The molecular weight excluding hydrogens is 290 g/mol. The van der Waals surface area contributed by atoms with Crippen LogP contribution >= 0.6 is 27.3 Å². The SMILES string of the molecule is C=CCOC(=O)C(C#N)=Cc1ccc(Br)s1. The molecule has 5 heteroatoms. The third-order valence-corrected chi connectivity index (χ3v) is 3.12. The molecule has 0 aromatic carbocycles. The van der Waals surface area contributed by atoms with Gasteiger partial charge in [-0.1, -0.05) is 12.7 Å². The maximum Gasteiger partial charge on any atom is 0.349 e. The van der Waals surface area contributed by atoms with Gasteiger partial charge in [-0.3, -0.25) is 0 Å². The van der Waals surface area contributed by atoms with Crippen molar-refractivity contribution in [2.75, 3.05) is 6.61 Å². The van der Waals surface area contributed by atoms with E-state index in [0.29, 0.717) is 0 Å². The number of ether oxygens (including phenoxy) is 1. The topological polar surface area (TPSA) is 50.1 Å². The van der Waals surface area contributed by atoms with E-state index in [4.69, 9.17) is 10.00 Å². The van der Waals surface area contributed by atoms with Gasteiger partial charge in [-0.2, -0.15) is 5.26 Å². The quantitative estimate of drug-likeness (QED) is 0.371. The number of nitrogens with zero attached hydrogens (tertiary/aromatic N) is 1. The van der Waals surface area contributed by atoms with Gasteiger partial charge in [0.2, 0.25) is 0 Å². The average Bonchev–Trinajstić information content (AvgIpc) is 2.68. The van der Waals surface area contributed by atoms with E-state index >= 15 is 0 Å². The maximum atomic E-state index is 11.4. The number of carbonyl (C=O) groups is 1. The highest BCUT2D eigenvalue weighted by atomic mass is 79.9. The molecule has 0 spiro atoms. The van der Waals surface area contributed by atoms with Crippen molar-refractivity contribution in [1.29, 1.82) is 5.26 Å². The fraction of sp³-hybridized carbons (Fsp3) is 0.0909. The Morgan fingerprint density at radius 2 is 2.44 bits per heavy atom. The molecule has 0 radical (unpaired) electrons. The van der Waals surface area contributed by atoms with Gasteiger partial charge in [-0.05, 0) is 34.1 Å². The van der Waals surface area contributed by atoms with E-state index in [9.17, 15) is 4.79 Å². The van der Waals surface area contributed by atoms with Crippen LogP contribution in [-0.2, 0) is 9.53 Å². The van der Waals surface area contributed by atoms with Crippen LogP contribution in [0.2, 0.25) is 0 Å². The molecule has 3 nitrogen and oxygen atoms in total. The summed E-state index contributed by atoms with van der Waals surface area (Å²) in [6.45, 7) is 3.52. The van der Waals surface area contributed by atoms with Crippen molar-refractivity contribution in [2.24, 2.45) is 0 Å². The van der Waals surface area contributed by atoms with Crippen LogP contribution < -0.4 is 0 Å². The lowest BCUT2D eigenvalue weighted by Crippen LogP contribution is -2.06. The number of esters is 1. The van der Waals surface area contributed by atoms with Crippen molar-refractivity contribution in [1.82, 2.24) is 0 Å². The molecule has 16 heavy (non-hydrogen) atoms. The first-order valence-corrected chi connectivity index (χ1v) is 5.93. The number of halogens is 1. The predicted molar refractivity (Wildman–Crippen MR) is 66.8 cm³/mol. The summed E-state index contributed by atoms with van der Waals surface area (Å²) in [6.07, 6.45) is 2.95. The van der Waals surface area contributed by atoms with Gasteiger partial charge in [0.25, 0.3) is 0 Å². The Morgan fingerprint density at radius 3 is 2.94 bits per heavy atom. The van der Waals surface area contributed by atoms with E-state index < -0.39 is 5.97 Å². The molecule has 1 aromatic heterocycles. The van der Waals surface area contributed by atoms with Crippen LogP contribution in [0.4, 0.5) is 0 Å². The Morgan fingerprint density at radius 1 is 1.69 bits per heavy atom. The molecule has 0 saturated carbocycles. The van der Waals surface area contributed by atoms with E-state index in [2.05, 4.69) is 22.5 Å². The van der Waals surface area contributed by atoms with Gasteiger partial charge < -0.3 is 4.74 Å². The van der Waals surface area contributed by atoms with Crippen LogP contribution in [0.25, 0.3) is 6.08 Å². The molecule has 0 N–H and O–H groups in total. The number of thiophene rings is 1. The maximum absolute atomic E-state index is 11.4. The molecule has 0 unspecified atom stereocenters. The molecule has 0 aliphatic carbocycles. The highest BCUT2D eigenvalue weighted by molar-refractivity contribution is 9.11. The molecular formula is C11H8BrNO2S. The van der Waals surface area contributed by atoms with Crippen LogP contribution in [-0.4, -0.2) is 12.6 Å². The van der Waals surface area contributed by atoms with Crippen LogP contribution in [0.5, 0.6) is 0 Å². The minimum Gasteiger partial charge on any atom is -0.457 e. The van der Waals surface area contributed by atoms with Gasteiger partial charge in [0.15, 0.2) is 0 Å². The Hall–Kier alpha value is -1.38. The Bertz CT molecular complexity index is 471.